The van der Waals surface area contributed by atoms with Gasteiger partial charge in [0.25, 0.3) is 11.5 Å². The third kappa shape index (κ3) is 4.13. The molecule has 0 spiro atoms. The van der Waals surface area contributed by atoms with Gasteiger partial charge < -0.3 is 4.90 Å². The highest BCUT2D eigenvalue weighted by molar-refractivity contribution is 5.92. The van der Waals surface area contributed by atoms with Crippen LogP contribution in [-0.4, -0.2) is 26.6 Å². The van der Waals surface area contributed by atoms with Gasteiger partial charge in [-0.2, -0.15) is 5.10 Å². The Morgan fingerprint density at radius 1 is 1.16 bits per heavy atom. The molecule has 1 aromatic carbocycles. The first-order chi connectivity index (χ1) is 12.0. The summed E-state index contributed by atoms with van der Waals surface area (Å²) in [6.45, 7) is 0.411. The lowest BCUT2D eigenvalue weighted by atomic mass is 9.93. The maximum absolute atomic E-state index is 13.2. The monoisotopic (exact) mass is 343 g/mol. The summed E-state index contributed by atoms with van der Waals surface area (Å²) in [7, 11) is 1.53. The normalized spacial score (nSPS) is 15.1. The maximum Gasteiger partial charge on any atom is 0.274 e. The lowest BCUT2D eigenvalue weighted by Gasteiger charge is -2.34. The summed E-state index contributed by atoms with van der Waals surface area (Å²) < 4.78 is 14.3. The zero-order valence-corrected chi connectivity index (χ0v) is 14.3. The molecule has 132 valence electrons. The molecule has 3 rings (SSSR count). The minimum atomic E-state index is -0.293. The molecular weight excluding hydrogens is 321 g/mol. The van der Waals surface area contributed by atoms with Crippen molar-refractivity contribution in [3.8, 4) is 0 Å². The second-order valence-corrected chi connectivity index (χ2v) is 6.53. The molecule has 0 bridgehead atoms. The van der Waals surface area contributed by atoms with Crippen LogP contribution in [0.1, 0.15) is 48.2 Å². The summed E-state index contributed by atoms with van der Waals surface area (Å²) >= 11 is 0. The Labute approximate surface area is 146 Å². The molecule has 1 fully saturated rings. The van der Waals surface area contributed by atoms with E-state index in [-0.39, 0.29) is 29.0 Å². The van der Waals surface area contributed by atoms with Gasteiger partial charge in [0, 0.05) is 25.7 Å². The van der Waals surface area contributed by atoms with Crippen LogP contribution in [0.4, 0.5) is 4.39 Å². The molecule has 2 aromatic rings. The second-order valence-electron chi connectivity index (χ2n) is 6.53. The number of halogens is 1. The van der Waals surface area contributed by atoms with Gasteiger partial charge in [-0.1, -0.05) is 31.4 Å². The zero-order valence-electron chi connectivity index (χ0n) is 14.3. The van der Waals surface area contributed by atoms with E-state index in [0.717, 1.165) is 31.2 Å². The molecule has 0 atom stereocenters. The topological polar surface area (TPSA) is 55.2 Å². The Kier molecular flexibility index (Phi) is 5.26. The van der Waals surface area contributed by atoms with Crippen molar-refractivity contribution < 1.29 is 9.18 Å². The van der Waals surface area contributed by atoms with E-state index in [2.05, 4.69) is 5.10 Å². The van der Waals surface area contributed by atoms with Crippen molar-refractivity contribution in [2.45, 2.75) is 44.7 Å². The molecule has 1 aromatic heterocycles. The van der Waals surface area contributed by atoms with Gasteiger partial charge in [0.2, 0.25) is 0 Å². The zero-order chi connectivity index (χ0) is 17.8. The average Bonchev–Trinajstić information content (AvgIpc) is 2.64. The molecule has 1 saturated carbocycles. The maximum atomic E-state index is 13.2. The first kappa shape index (κ1) is 17.3. The molecule has 5 nitrogen and oxygen atoms in total. The van der Waals surface area contributed by atoms with Crippen LogP contribution in [0.5, 0.6) is 0 Å². The van der Waals surface area contributed by atoms with Crippen molar-refractivity contribution in [3.05, 3.63) is 63.8 Å². The SMILES string of the molecule is Cn1nc(C(=O)N(Cc2ccc(F)cc2)C2CCCCC2)ccc1=O. The van der Waals surface area contributed by atoms with Gasteiger partial charge >= 0.3 is 0 Å². The molecular formula is C19H22FN3O2. The minimum absolute atomic E-state index is 0.144. The van der Waals surface area contributed by atoms with Crippen molar-refractivity contribution >= 4 is 5.91 Å². The van der Waals surface area contributed by atoms with Crippen LogP contribution < -0.4 is 5.56 Å². The van der Waals surface area contributed by atoms with Crippen LogP contribution >= 0.6 is 0 Å². The first-order valence-corrected chi connectivity index (χ1v) is 8.64. The van der Waals surface area contributed by atoms with E-state index in [0.29, 0.717) is 6.54 Å². The number of carbonyl (C=O) groups is 1. The highest BCUT2D eigenvalue weighted by Gasteiger charge is 2.27. The smallest absolute Gasteiger partial charge is 0.274 e. The number of aromatic nitrogens is 2. The molecule has 0 radical (unpaired) electrons. The molecule has 0 unspecified atom stereocenters. The van der Waals surface area contributed by atoms with Gasteiger partial charge in [-0.25, -0.2) is 9.07 Å². The van der Waals surface area contributed by atoms with Crippen LogP contribution in [0, 0.1) is 5.82 Å². The molecule has 1 aliphatic carbocycles. The average molecular weight is 343 g/mol. The summed E-state index contributed by atoms with van der Waals surface area (Å²) in [5.74, 6) is -0.481. The van der Waals surface area contributed by atoms with Crippen LogP contribution in [0.2, 0.25) is 0 Å². The van der Waals surface area contributed by atoms with Crippen molar-refractivity contribution in [1.82, 2.24) is 14.7 Å². The number of carbonyl (C=O) groups excluding carboxylic acids is 1. The number of aryl methyl sites for hydroxylation is 1. The van der Waals surface area contributed by atoms with Gasteiger partial charge in [-0.3, -0.25) is 9.59 Å². The van der Waals surface area contributed by atoms with Crippen molar-refractivity contribution in [2.24, 2.45) is 7.05 Å². The number of nitrogens with zero attached hydrogens (tertiary/aromatic N) is 3. The van der Waals surface area contributed by atoms with Gasteiger partial charge in [0.1, 0.15) is 11.5 Å². The van der Waals surface area contributed by atoms with E-state index in [1.165, 1.54) is 42.4 Å². The molecule has 25 heavy (non-hydrogen) atoms. The van der Waals surface area contributed by atoms with Crippen LogP contribution in [-0.2, 0) is 13.6 Å². The van der Waals surface area contributed by atoms with E-state index in [4.69, 9.17) is 0 Å². The number of amides is 1. The Balaban J connectivity index is 1.88. The van der Waals surface area contributed by atoms with E-state index >= 15 is 0 Å². The summed E-state index contributed by atoms with van der Waals surface area (Å²) in [4.78, 5) is 26.4. The minimum Gasteiger partial charge on any atom is -0.330 e. The third-order valence-electron chi connectivity index (χ3n) is 4.72. The lowest BCUT2D eigenvalue weighted by Crippen LogP contribution is -2.42. The Morgan fingerprint density at radius 2 is 1.84 bits per heavy atom. The highest BCUT2D eigenvalue weighted by atomic mass is 19.1. The quantitative estimate of drug-likeness (QED) is 0.858. The van der Waals surface area contributed by atoms with Crippen LogP contribution in [0.3, 0.4) is 0 Å². The van der Waals surface area contributed by atoms with Crippen LogP contribution in [0.15, 0.2) is 41.2 Å². The number of hydrogen-bond donors (Lipinski definition) is 0. The number of benzene rings is 1. The molecule has 0 saturated heterocycles. The second kappa shape index (κ2) is 7.59. The number of hydrogen-bond acceptors (Lipinski definition) is 3. The van der Waals surface area contributed by atoms with E-state index in [1.54, 1.807) is 12.1 Å². The predicted octanol–water partition coefficient (Wildman–Crippen LogP) is 2.89. The summed E-state index contributed by atoms with van der Waals surface area (Å²) in [6.07, 6.45) is 5.29. The van der Waals surface area contributed by atoms with Crippen LogP contribution in [0.25, 0.3) is 0 Å². The lowest BCUT2D eigenvalue weighted by molar-refractivity contribution is 0.0605. The molecule has 0 N–H and O–H groups in total. The van der Waals surface area contributed by atoms with Gasteiger partial charge in [0.15, 0.2) is 0 Å². The Hall–Kier alpha value is -2.50. The fourth-order valence-corrected chi connectivity index (χ4v) is 3.31. The fraction of sp³-hybridized carbons (Fsp3) is 0.421. The molecule has 1 aliphatic rings. The summed E-state index contributed by atoms with van der Waals surface area (Å²) in [5.41, 5.74) is 0.888. The molecule has 0 aliphatic heterocycles. The first-order valence-electron chi connectivity index (χ1n) is 8.64. The number of rotatable bonds is 4. The summed E-state index contributed by atoms with van der Waals surface area (Å²) in [6, 6.07) is 9.19. The summed E-state index contributed by atoms with van der Waals surface area (Å²) in [5, 5.41) is 4.10. The van der Waals surface area contributed by atoms with Gasteiger partial charge in [-0.15, -0.1) is 0 Å². The van der Waals surface area contributed by atoms with Crippen molar-refractivity contribution in [3.63, 3.8) is 0 Å². The largest absolute Gasteiger partial charge is 0.330 e. The molecule has 1 heterocycles. The van der Waals surface area contributed by atoms with Gasteiger partial charge in [0.05, 0.1) is 0 Å². The standard InChI is InChI=1S/C19H22FN3O2/c1-22-18(24)12-11-17(21-22)19(25)23(16-5-3-2-4-6-16)13-14-7-9-15(20)10-8-14/h7-12,16H,2-6,13H2,1H3. The molecule has 6 heteroatoms. The van der Waals surface area contributed by atoms with Gasteiger partial charge in [-0.05, 0) is 36.6 Å². The Morgan fingerprint density at radius 3 is 2.48 bits per heavy atom. The fourth-order valence-electron chi connectivity index (χ4n) is 3.31. The van der Waals surface area contributed by atoms with E-state index in [9.17, 15) is 14.0 Å². The third-order valence-corrected chi connectivity index (χ3v) is 4.72. The van der Waals surface area contributed by atoms with Crippen molar-refractivity contribution in [2.75, 3.05) is 0 Å². The van der Waals surface area contributed by atoms with Crippen molar-refractivity contribution in [1.29, 1.82) is 0 Å². The Bertz CT molecular complexity index is 795. The molecule has 1 amide bonds. The van der Waals surface area contributed by atoms with E-state index < -0.39 is 0 Å². The highest BCUT2D eigenvalue weighted by Crippen LogP contribution is 2.25. The van der Waals surface area contributed by atoms with E-state index in [1.807, 2.05) is 4.90 Å². The predicted molar refractivity (Wildman–Crippen MR) is 92.6 cm³/mol.